The number of carbonyl (C=O) groups is 1. The Labute approximate surface area is 110 Å². The van der Waals surface area contributed by atoms with Crippen LogP contribution in [0, 0.1) is 17.8 Å². The molecular weight excluding hydrogens is 226 g/mol. The quantitative estimate of drug-likeness (QED) is 0.787. The molecule has 1 amide bonds. The molecule has 2 saturated heterocycles. The van der Waals surface area contributed by atoms with Crippen LogP contribution in [0.5, 0.6) is 0 Å². The molecular formula is C14H27N3O. The molecule has 0 aromatic rings. The van der Waals surface area contributed by atoms with Gasteiger partial charge in [-0.05, 0) is 37.3 Å². The van der Waals surface area contributed by atoms with Gasteiger partial charge in [-0.15, -0.1) is 0 Å². The maximum Gasteiger partial charge on any atom is 0.222 e. The third kappa shape index (κ3) is 3.45. The van der Waals surface area contributed by atoms with Gasteiger partial charge >= 0.3 is 0 Å². The number of hydrogen-bond acceptors (Lipinski definition) is 3. The van der Waals surface area contributed by atoms with Gasteiger partial charge < -0.3 is 15.5 Å². The first kappa shape index (κ1) is 13.8. The Morgan fingerprint density at radius 1 is 1.33 bits per heavy atom. The van der Waals surface area contributed by atoms with Crippen molar-refractivity contribution in [1.29, 1.82) is 0 Å². The Morgan fingerprint density at radius 2 is 2.11 bits per heavy atom. The summed E-state index contributed by atoms with van der Waals surface area (Å²) < 4.78 is 0. The Morgan fingerprint density at radius 3 is 2.72 bits per heavy atom. The summed E-state index contributed by atoms with van der Waals surface area (Å²) in [5.41, 5.74) is 5.66. The third-order valence-electron chi connectivity index (χ3n) is 4.10. The molecule has 2 aliphatic heterocycles. The molecule has 2 fully saturated rings. The second kappa shape index (κ2) is 6.02. The fourth-order valence-electron chi connectivity index (χ4n) is 3.24. The normalized spacial score (nSPS) is 29.8. The van der Waals surface area contributed by atoms with Crippen LogP contribution in [0.25, 0.3) is 0 Å². The molecule has 0 radical (unpaired) electrons. The summed E-state index contributed by atoms with van der Waals surface area (Å²) in [6, 6.07) is 0. The number of likely N-dealkylation sites (tertiary alicyclic amines) is 2. The second-order valence-corrected chi connectivity index (χ2v) is 6.41. The molecule has 0 aliphatic carbocycles. The zero-order valence-corrected chi connectivity index (χ0v) is 11.8. The van der Waals surface area contributed by atoms with E-state index in [-0.39, 0.29) is 0 Å². The van der Waals surface area contributed by atoms with E-state index in [1.807, 2.05) is 4.90 Å². The van der Waals surface area contributed by atoms with Crippen LogP contribution in [-0.2, 0) is 4.79 Å². The van der Waals surface area contributed by atoms with Crippen molar-refractivity contribution in [2.75, 3.05) is 39.3 Å². The van der Waals surface area contributed by atoms with E-state index in [4.69, 9.17) is 5.73 Å². The molecule has 2 unspecified atom stereocenters. The van der Waals surface area contributed by atoms with Gasteiger partial charge in [-0.25, -0.2) is 0 Å². The molecule has 0 aromatic heterocycles. The number of nitrogens with two attached hydrogens (primary N) is 1. The summed E-state index contributed by atoms with van der Waals surface area (Å²) in [6.45, 7) is 10.6. The standard InChI is InChI=1S/C14H27N3O/c1-11(2)7-16-4-3-12(8-16)9-17-10-13(6-15)5-14(17)18/h11-13H,3-10,15H2,1-2H3. The summed E-state index contributed by atoms with van der Waals surface area (Å²) in [5.74, 6) is 2.11. The molecule has 4 heteroatoms. The molecule has 2 N–H and O–H groups in total. The molecule has 0 saturated carbocycles. The molecule has 0 aromatic carbocycles. The average Bonchev–Trinajstić information content (AvgIpc) is 2.86. The summed E-state index contributed by atoms with van der Waals surface area (Å²) in [6.07, 6.45) is 1.91. The summed E-state index contributed by atoms with van der Waals surface area (Å²) in [4.78, 5) is 16.4. The summed E-state index contributed by atoms with van der Waals surface area (Å²) in [5, 5.41) is 0. The molecule has 104 valence electrons. The van der Waals surface area contributed by atoms with E-state index in [1.54, 1.807) is 0 Å². The predicted octanol–water partition coefficient (Wildman–Crippen LogP) is 0.772. The zero-order valence-electron chi connectivity index (χ0n) is 11.8. The van der Waals surface area contributed by atoms with Crippen molar-refractivity contribution in [3.05, 3.63) is 0 Å². The Bertz CT molecular complexity index is 293. The molecule has 2 atom stereocenters. The first-order valence-electron chi connectivity index (χ1n) is 7.28. The van der Waals surface area contributed by atoms with Gasteiger partial charge in [-0.1, -0.05) is 13.8 Å². The largest absolute Gasteiger partial charge is 0.342 e. The fourth-order valence-corrected chi connectivity index (χ4v) is 3.24. The topological polar surface area (TPSA) is 49.6 Å². The Kier molecular flexibility index (Phi) is 4.62. The van der Waals surface area contributed by atoms with Crippen molar-refractivity contribution in [1.82, 2.24) is 9.80 Å². The molecule has 2 aliphatic rings. The second-order valence-electron chi connectivity index (χ2n) is 6.41. The van der Waals surface area contributed by atoms with Gasteiger partial charge in [0, 0.05) is 32.6 Å². The van der Waals surface area contributed by atoms with Gasteiger partial charge in [-0.3, -0.25) is 4.79 Å². The number of nitrogens with zero attached hydrogens (tertiary/aromatic N) is 2. The maximum atomic E-state index is 11.8. The van der Waals surface area contributed by atoms with E-state index in [9.17, 15) is 4.79 Å². The van der Waals surface area contributed by atoms with E-state index in [1.165, 1.54) is 19.5 Å². The van der Waals surface area contributed by atoms with E-state index >= 15 is 0 Å². The highest BCUT2D eigenvalue weighted by atomic mass is 16.2. The SMILES string of the molecule is CC(C)CN1CCC(CN2CC(CN)CC2=O)C1. The first-order chi connectivity index (χ1) is 8.58. The predicted molar refractivity (Wildman–Crippen MR) is 73.1 cm³/mol. The minimum Gasteiger partial charge on any atom is -0.342 e. The van der Waals surface area contributed by atoms with Gasteiger partial charge in [0.2, 0.25) is 5.91 Å². The fraction of sp³-hybridized carbons (Fsp3) is 0.929. The lowest BCUT2D eigenvalue weighted by Gasteiger charge is -2.22. The molecule has 2 heterocycles. The Hall–Kier alpha value is -0.610. The van der Waals surface area contributed by atoms with Crippen molar-refractivity contribution < 1.29 is 4.79 Å². The molecule has 0 spiro atoms. The van der Waals surface area contributed by atoms with Crippen molar-refractivity contribution in [2.45, 2.75) is 26.7 Å². The van der Waals surface area contributed by atoms with Crippen LogP contribution in [-0.4, -0.2) is 55.0 Å². The number of amides is 1. The lowest BCUT2D eigenvalue weighted by molar-refractivity contribution is -0.128. The van der Waals surface area contributed by atoms with Crippen LogP contribution in [0.15, 0.2) is 0 Å². The molecule has 0 bridgehead atoms. The van der Waals surface area contributed by atoms with Crippen molar-refractivity contribution in [3.63, 3.8) is 0 Å². The van der Waals surface area contributed by atoms with Gasteiger partial charge in [0.05, 0.1) is 0 Å². The van der Waals surface area contributed by atoms with E-state index < -0.39 is 0 Å². The van der Waals surface area contributed by atoms with Crippen LogP contribution in [0.1, 0.15) is 26.7 Å². The smallest absolute Gasteiger partial charge is 0.222 e. The van der Waals surface area contributed by atoms with Crippen molar-refractivity contribution >= 4 is 5.91 Å². The van der Waals surface area contributed by atoms with Crippen LogP contribution < -0.4 is 5.73 Å². The minimum absolute atomic E-state index is 0.313. The summed E-state index contributed by atoms with van der Waals surface area (Å²) >= 11 is 0. The zero-order chi connectivity index (χ0) is 13.1. The number of rotatable bonds is 5. The first-order valence-corrected chi connectivity index (χ1v) is 7.28. The maximum absolute atomic E-state index is 11.8. The highest BCUT2D eigenvalue weighted by molar-refractivity contribution is 5.78. The summed E-state index contributed by atoms with van der Waals surface area (Å²) in [7, 11) is 0. The third-order valence-corrected chi connectivity index (χ3v) is 4.10. The van der Waals surface area contributed by atoms with Crippen LogP contribution in [0.2, 0.25) is 0 Å². The van der Waals surface area contributed by atoms with E-state index in [0.29, 0.717) is 30.7 Å². The highest BCUT2D eigenvalue weighted by Gasteiger charge is 2.32. The van der Waals surface area contributed by atoms with Gasteiger partial charge in [0.1, 0.15) is 0 Å². The van der Waals surface area contributed by atoms with Gasteiger partial charge in [0.15, 0.2) is 0 Å². The molecule has 2 rings (SSSR count). The van der Waals surface area contributed by atoms with E-state index in [2.05, 4.69) is 18.7 Å². The van der Waals surface area contributed by atoms with Crippen LogP contribution in [0.3, 0.4) is 0 Å². The lowest BCUT2D eigenvalue weighted by atomic mass is 10.1. The molecule has 18 heavy (non-hydrogen) atoms. The van der Waals surface area contributed by atoms with Gasteiger partial charge in [-0.2, -0.15) is 0 Å². The number of hydrogen-bond donors (Lipinski definition) is 1. The van der Waals surface area contributed by atoms with Crippen molar-refractivity contribution in [2.24, 2.45) is 23.5 Å². The average molecular weight is 253 g/mol. The Balaban J connectivity index is 1.76. The number of carbonyl (C=O) groups excluding carboxylic acids is 1. The van der Waals surface area contributed by atoms with Gasteiger partial charge in [0.25, 0.3) is 0 Å². The highest BCUT2D eigenvalue weighted by Crippen LogP contribution is 2.23. The molecule has 4 nitrogen and oxygen atoms in total. The van der Waals surface area contributed by atoms with Crippen LogP contribution >= 0.6 is 0 Å². The minimum atomic E-state index is 0.313. The monoisotopic (exact) mass is 253 g/mol. The van der Waals surface area contributed by atoms with E-state index in [0.717, 1.165) is 25.6 Å². The van der Waals surface area contributed by atoms with Crippen LogP contribution in [0.4, 0.5) is 0 Å². The lowest BCUT2D eigenvalue weighted by Crippen LogP contribution is -2.33. The van der Waals surface area contributed by atoms with Crippen molar-refractivity contribution in [3.8, 4) is 0 Å².